The Hall–Kier alpha value is -1.74. The molecule has 0 aliphatic rings. The number of ether oxygens (including phenoxy) is 1. The van der Waals surface area contributed by atoms with Gasteiger partial charge in [-0.05, 0) is 22.9 Å². The maximum atomic E-state index is 11.8. The second-order valence-electron chi connectivity index (χ2n) is 3.92. The van der Waals surface area contributed by atoms with Gasteiger partial charge in [0.2, 0.25) is 0 Å². The van der Waals surface area contributed by atoms with Crippen LogP contribution in [0.25, 0.3) is 0 Å². The first-order valence-electron chi connectivity index (χ1n) is 5.73. The average Bonchev–Trinajstić information content (AvgIpc) is 2.33. The summed E-state index contributed by atoms with van der Waals surface area (Å²) in [5.74, 6) is -0.599. The number of hydrogen-bond donors (Lipinski definition) is 1. The first-order valence-corrected chi connectivity index (χ1v) is 6.52. The smallest absolute Gasteiger partial charge is 0.335 e. The first kappa shape index (κ1) is 16.3. The van der Waals surface area contributed by atoms with E-state index < -0.39 is 28.2 Å². The molecule has 0 saturated heterocycles. The van der Waals surface area contributed by atoms with Gasteiger partial charge in [-0.25, -0.2) is 0 Å². The van der Waals surface area contributed by atoms with E-state index in [1.54, 1.807) is 6.92 Å². The number of hydrogen-bond acceptors (Lipinski definition) is 6. The van der Waals surface area contributed by atoms with E-state index in [1.807, 2.05) is 0 Å². The van der Waals surface area contributed by atoms with Crippen LogP contribution in [0.15, 0.2) is 21.5 Å². The minimum Gasteiger partial charge on any atom is -0.466 e. The summed E-state index contributed by atoms with van der Waals surface area (Å²) < 4.78 is 5.97. The third-order valence-electron chi connectivity index (χ3n) is 2.35. The molecule has 0 bridgehead atoms. The predicted octanol–water partition coefficient (Wildman–Crippen LogP) is 0.833. The number of pyridine rings is 1. The molecule has 0 saturated carbocycles. The largest absolute Gasteiger partial charge is 0.466 e. The minimum absolute atomic E-state index is 0.188. The number of aromatic nitrogens is 1. The van der Waals surface area contributed by atoms with Gasteiger partial charge >= 0.3 is 17.2 Å². The SMILES string of the molecule is CCOC(=O)CC(O)Cn1cc(Br)cc([N+](=O)[O-])c1=O. The summed E-state index contributed by atoms with van der Waals surface area (Å²) in [7, 11) is 0. The van der Waals surface area contributed by atoms with Gasteiger partial charge in [0.25, 0.3) is 0 Å². The normalized spacial score (nSPS) is 11.9. The number of aliphatic hydroxyl groups excluding tert-OH is 1. The zero-order valence-corrected chi connectivity index (χ0v) is 12.2. The van der Waals surface area contributed by atoms with Crippen molar-refractivity contribution in [3.63, 3.8) is 0 Å². The lowest BCUT2D eigenvalue weighted by Crippen LogP contribution is -2.29. The Morgan fingerprint density at radius 1 is 1.65 bits per heavy atom. The van der Waals surface area contributed by atoms with Crippen LogP contribution in [0.5, 0.6) is 0 Å². The molecule has 20 heavy (non-hydrogen) atoms. The van der Waals surface area contributed by atoms with Crippen LogP contribution in [0.2, 0.25) is 0 Å². The molecular weight excluding hydrogens is 336 g/mol. The number of nitrogens with zero attached hydrogens (tertiary/aromatic N) is 2. The molecule has 0 aliphatic heterocycles. The van der Waals surface area contributed by atoms with Gasteiger partial charge in [0.1, 0.15) is 0 Å². The Morgan fingerprint density at radius 2 is 2.30 bits per heavy atom. The lowest BCUT2D eigenvalue weighted by Gasteiger charge is -2.12. The number of carbonyl (C=O) groups is 1. The third kappa shape index (κ3) is 4.42. The monoisotopic (exact) mass is 348 g/mol. The second kappa shape index (κ2) is 7.15. The summed E-state index contributed by atoms with van der Waals surface area (Å²) in [6.45, 7) is 1.58. The lowest BCUT2D eigenvalue weighted by molar-refractivity contribution is -0.386. The maximum absolute atomic E-state index is 11.8. The van der Waals surface area contributed by atoms with Crippen molar-refractivity contribution in [2.24, 2.45) is 0 Å². The quantitative estimate of drug-likeness (QED) is 0.463. The summed E-state index contributed by atoms with van der Waals surface area (Å²) in [6.07, 6.45) is -0.148. The molecule has 8 nitrogen and oxygen atoms in total. The van der Waals surface area contributed by atoms with E-state index in [4.69, 9.17) is 0 Å². The predicted molar refractivity (Wildman–Crippen MR) is 72.3 cm³/mol. The second-order valence-corrected chi connectivity index (χ2v) is 4.84. The lowest BCUT2D eigenvalue weighted by atomic mass is 10.2. The topological polar surface area (TPSA) is 112 Å². The van der Waals surface area contributed by atoms with Gasteiger partial charge in [-0.15, -0.1) is 0 Å². The van der Waals surface area contributed by atoms with Gasteiger partial charge in [0, 0.05) is 16.7 Å². The Kier molecular flexibility index (Phi) is 5.83. The molecule has 0 amide bonds. The van der Waals surface area contributed by atoms with Crippen molar-refractivity contribution < 1.29 is 19.6 Å². The number of nitro groups is 1. The molecule has 1 aromatic heterocycles. The molecule has 0 aromatic carbocycles. The first-order chi connectivity index (χ1) is 9.35. The molecule has 1 rings (SSSR count). The molecule has 0 aliphatic carbocycles. The van der Waals surface area contributed by atoms with Crippen LogP contribution in [-0.2, 0) is 16.1 Å². The Balaban J connectivity index is 2.90. The van der Waals surface area contributed by atoms with Gasteiger partial charge in [-0.3, -0.25) is 19.7 Å². The molecule has 0 spiro atoms. The van der Waals surface area contributed by atoms with Crippen molar-refractivity contribution in [2.75, 3.05) is 6.61 Å². The van der Waals surface area contributed by atoms with E-state index in [9.17, 15) is 24.8 Å². The van der Waals surface area contributed by atoms with Crippen LogP contribution in [-0.4, -0.2) is 33.3 Å². The Bertz CT molecular complexity index is 571. The maximum Gasteiger partial charge on any atom is 0.335 e. The van der Waals surface area contributed by atoms with E-state index >= 15 is 0 Å². The van der Waals surface area contributed by atoms with Crippen LogP contribution < -0.4 is 5.56 Å². The summed E-state index contributed by atoms with van der Waals surface area (Å²) in [6, 6.07) is 1.08. The van der Waals surface area contributed by atoms with Crippen LogP contribution in [0.3, 0.4) is 0 Å². The Labute approximate surface area is 122 Å². The molecule has 0 radical (unpaired) electrons. The van der Waals surface area contributed by atoms with Gasteiger partial charge < -0.3 is 14.4 Å². The van der Waals surface area contributed by atoms with E-state index in [-0.39, 0.29) is 19.6 Å². The molecular formula is C11H13BrN2O6. The molecule has 1 aromatic rings. The summed E-state index contributed by atoms with van der Waals surface area (Å²) >= 11 is 3.04. The van der Waals surface area contributed by atoms with Crippen molar-refractivity contribution in [1.82, 2.24) is 4.57 Å². The summed E-state index contributed by atoms with van der Waals surface area (Å²) in [5.41, 5.74) is -1.45. The van der Waals surface area contributed by atoms with Crippen LogP contribution >= 0.6 is 15.9 Å². The molecule has 110 valence electrons. The zero-order valence-electron chi connectivity index (χ0n) is 10.6. The zero-order chi connectivity index (χ0) is 15.3. The van der Waals surface area contributed by atoms with Crippen LogP contribution in [0, 0.1) is 10.1 Å². The highest BCUT2D eigenvalue weighted by Crippen LogP contribution is 2.14. The van der Waals surface area contributed by atoms with E-state index in [1.165, 1.54) is 6.20 Å². The van der Waals surface area contributed by atoms with Gasteiger partial charge in [0.05, 0.1) is 30.6 Å². The van der Waals surface area contributed by atoms with Gasteiger partial charge in [0.15, 0.2) is 0 Å². The fourth-order valence-electron chi connectivity index (χ4n) is 1.55. The number of halogens is 1. The van der Waals surface area contributed by atoms with E-state index in [0.29, 0.717) is 4.47 Å². The summed E-state index contributed by atoms with van der Waals surface area (Å²) in [4.78, 5) is 32.9. The molecule has 1 atom stereocenters. The van der Waals surface area contributed by atoms with Gasteiger partial charge in [-0.1, -0.05) is 0 Å². The van der Waals surface area contributed by atoms with Crippen molar-refractivity contribution >= 4 is 27.6 Å². The fourth-order valence-corrected chi connectivity index (χ4v) is 2.02. The van der Waals surface area contributed by atoms with Crippen molar-refractivity contribution in [1.29, 1.82) is 0 Å². The highest BCUT2D eigenvalue weighted by molar-refractivity contribution is 9.10. The van der Waals surface area contributed by atoms with Crippen molar-refractivity contribution in [2.45, 2.75) is 26.0 Å². The molecule has 1 N–H and O–H groups in total. The molecule has 0 fully saturated rings. The highest BCUT2D eigenvalue weighted by Gasteiger charge is 2.19. The fraction of sp³-hybridized carbons (Fsp3) is 0.455. The van der Waals surface area contributed by atoms with Crippen LogP contribution in [0.1, 0.15) is 13.3 Å². The number of aliphatic hydroxyl groups is 1. The molecule has 1 unspecified atom stereocenters. The molecule has 1 heterocycles. The third-order valence-corrected chi connectivity index (χ3v) is 2.78. The number of esters is 1. The average molecular weight is 349 g/mol. The number of rotatable bonds is 6. The summed E-state index contributed by atoms with van der Waals surface area (Å²) in [5, 5.41) is 20.4. The standard InChI is InChI=1S/C11H13BrN2O6/c1-2-20-10(16)4-8(15)6-13-5-7(12)3-9(11(13)17)14(18)19/h3,5,8,15H,2,4,6H2,1H3. The van der Waals surface area contributed by atoms with Crippen molar-refractivity contribution in [3.8, 4) is 0 Å². The van der Waals surface area contributed by atoms with Crippen LogP contribution in [0.4, 0.5) is 5.69 Å². The molecule has 9 heteroatoms. The van der Waals surface area contributed by atoms with Crippen molar-refractivity contribution in [3.05, 3.63) is 37.2 Å². The highest BCUT2D eigenvalue weighted by atomic mass is 79.9. The number of carbonyl (C=O) groups excluding carboxylic acids is 1. The van der Waals surface area contributed by atoms with E-state index in [0.717, 1.165) is 10.6 Å². The Morgan fingerprint density at radius 3 is 2.85 bits per heavy atom. The van der Waals surface area contributed by atoms with E-state index in [2.05, 4.69) is 20.7 Å². The van der Waals surface area contributed by atoms with Gasteiger partial charge in [-0.2, -0.15) is 0 Å². The minimum atomic E-state index is -1.17.